The Morgan fingerprint density at radius 1 is 1.31 bits per heavy atom. The Kier molecular flexibility index (Phi) is 6.13. The molecule has 0 radical (unpaired) electrons. The van der Waals surface area contributed by atoms with Gasteiger partial charge in [0.2, 0.25) is 0 Å². The number of thiophene rings is 1. The molecule has 138 valence electrons. The van der Waals surface area contributed by atoms with Gasteiger partial charge in [0.25, 0.3) is 0 Å². The summed E-state index contributed by atoms with van der Waals surface area (Å²) in [7, 11) is 0. The third-order valence-corrected chi connectivity index (χ3v) is 5.31. The average molecular weight is 395 g/mol. The number of nitrogens with one attached hydrogen (secondary N) is 1. The number of Topliss-reactive ketones (excluding diaryl/α,β-unsaturated/α-hetero) is 1. The van der Waals surface area contributed by atoms with Crippen LogP contribution in [0.2, 0.25) is 4.34 Å². The Bertz CT molecular complexity index is 778. The van der Waals surface area contributed by atoms with E-state index in [4.69, 9.17) is 21.4 Å². The number of cyclic esters (lactones) is 1. The van der Waals surface area contributed by atoms with Gasteiger partial charge in [-0.2, -0.15) is 0 Å². The van der Waals surface area contributed by atoms with Gasteiger partial charge >= 0.3 is 6.09 Å². The van der Waals surface area contributed by atoms with Crippen molar-refractivity contribution in [2.24, 2.45) is 0 Å². The number of ketones is 1. The molecule has 0 spiro atoms. The van der Waals surface area contributed by atoms with Gasteiger partial charge in [0, 0.05) is 24.3 Å². The molecule has 26 heavy (non-hydrogen) atoms. The minimum atomic E-state index is -0.405. The van der Waals surface area contributed by atoms with E-state index in [2.05, 4.69) is 5.32 Å². The highest BCUT2D eigenvalue weighted by Gasteiger charge is 2.32. The maximum Gasteiger partial charge on any atom is 0.414 e. The van der Waals surface area contributed by atoms with Crippen LogP contribution in [-0.4, -0.2) is 42.8 Å². The molecule has 1 amide bonds. The number of benzene rings is 1. The van der Waals surface area contributed by atoms with Crippen LogP contribution in [0.3, 0.4) is 0 Å². The van der Waals surface area contributed by atoms with E-state index in [1.165, 1.54) is 11.3 Å². The number of halogens is 1. The monoisotopic (exact) mass is 394 g/mol. The Morgan fingerprint density at radius 3 is 2.73 bits per heavy atom. The largest absolute Gasteiger partial charge is 0.444 e. The molecule has 0 aliphatic carbocycles. The fourth-order valence-electron chi connectivity index (χ4n) is 2.72. The third kappa shape index (κ3) is 4.55. The first-order valence-electron chi connectivity index (χ1n) is 8.28. The van der Waals surface area contributed by atoms with Crippen molar-refractivity contribution in [2.75, 3.05) is 29.9 Å². The second kappa shape index (κ2) is 8.53. The van der Waals surface area contributed by atoms with E-state index in [1.807, 2.05) is 24.3 Å². The van der Waals surface area contributed by atoms with Crippen molar-refractivity contribution >= 4 is 46.2 Å². The molecule has 2 heterocycles. The number of hydrogen-bond donors (Lipinski definition) is 2. The van der Waals surface area contributed by atoms with Gasteiger partial charge < -0.3 is 15.2 Å². The van der Waals surface area contributed by atoms with Gasteiger partial charge in [-0.15, -0.1) is 11.3 Å². The lowest BCUT2D eigenvalue weighted by molar-refractivity contribution is 0.0943. The lowest BCUT2D eigenvalue weighted by Crippen LogP contribution is -2.24. The molecule has 8 heteroatoms. The van der Waals surface area contributed by atoms with Crippen LogP contribution >= 0.6 is 22.9 Å². The number of aliphatic hydroxyl groups is 1. The van der Waals surface area contributed by atoms with Crippen LogP contribution in [0.1, 0.15) is 22.5 Å². The van der Waals surface area contributed by atoms with Crippen molar-refractivity contribution in [3.8, 4) is 0 Å². The van der Waals surface area contributed by atoms with Crippen molar-refractivity contribution < 1.29 is 19.4 Å². The summed E-state index contributed by atoms with van der Waals surface area (Å²) in [6, 6.07) is 10.8. The quantitative estimate of drug-likeness (QED) is 0.666. The molecule has 1 aromatic heterocycles. The molecule has 1 atom stereocenters. The second-order valence-electron chi connectivity index (χ2n) is 5.88. The highest BCUT2D eigenvalue weighted by atomic mass is 35.5. The topological polar surface area (TPSA) is 78.9 Å². The SMILES string of the molecule is O=C(CC[C@H]1CN(c2ccc(NCCO)cc2)C(=O)O1)c1ccc(Cl)s1. The Balaban J connectivity index is 1.54. The van der Waals surface area contributed by atoms with Gasteiger partial charge in [0.15, 0.2) is 5.78 Å². The van der Waals surface area contributed by atoms with E-state index in [1.54, 1.807) is 17.0 Å². The van der Waals surface area contributed by atoms with Crippen LogP contribution in [-0.2, 0) is 4.74 Å². The van der Waals surface area contributed by atoms with Gasteiger partial charge in [0.05, 0.1) is 22.4 Å². The summed E-state index contributed by atoms with van der Waals surface area (Å²) < 4.78 is 5.97. The average Bonchev–Trinajstić information content (AvgIpc) is 3.24. The number of carbonyl (C=O) groups excluding carboxylic acids is 2. The lowest BCUT2D eigenvalue weighted by atomic mass is 10.1. The Morgan fingerprint density at radius 2 is 2.08 bits per heavy atom. The number of aliphatic hydroxyl groups excluding tert-OH is 1. The molecule has 1 saturated heterocycles. The molecule has 0 bridgehead atoms. The predicted molar refractivity (Wildman–Crippen MR) is 103 cm³/mol. The van der Waals surface area contributed by atoms with E-state index in [9.17, 15) is 9.59 Å². The van der Waals surface area contributed by atoms with Crippen LogP contribution in [0.15, 0.2) is 36.4 Å². The molecule has 1 aliphatic rings. The summed E-state index contributed by atoms with van der Waals surface area (Å²) in [6.07, 6.45) is 0.0751. The lowest BCUT2D eigenvalue weighted by Gasteiger charge is -2.14. The molecule has 6 nitrogen and oxygen atoms in total. The maximum atomic E-state index is 12.1. The van der Waals surface area contributed by atoms with Crippen LogP contribution < -0.4 is 10.2 Å². The zero-order valence-corrected chi connectivity index (χ0v) is 15.6. The first-order valence-corrected chi connectivity index (χ1v) is 9.48. The Hall–Kier alpha value is -2.09. The zero-order valence-electron chi connectivity index (χ0n) is 14.0. The summed E-state index contributed by atoms with van der Waals surface area (Å²) in [5.74, 6) is 0.00992. The number of anilines is 2. The van der Waals surface area contributed by atoms with Crippen LogP contribution in [0, 0.1) is 0 Å². The van der Waals surface area contributed by atoms with Crippen LogP contribution in [0.25, 0.3) is 0 Å². The number of nitrogens with zero attached hydrogens (tertiary/aromatic N) is 1. The van der Waals surface area contributed by atoms with E-state index in [0.29, 0.717) is 35.1 Å². The maximum absolute atomic E-state index is 12.1. The van der Waals surface area contributed by atoms with Gasteiger partial charge in [0.1, 0.15) is 6.10 Å². The standard InChI is InChI=1S/C18H19ClN2O4S/c19-17-8-7-16(26-17)15(23)6-5-14-11-21(18(24)25-14)13-3-1-12(2-4-13)20-9-10-22/h1-4,7-8,14,20,22H,5-6,9-11H2/t14-/m0/s1. The molecule has 1 fully saturated rings. The number of hydrogen-bond acceptors (Lipinski definition) is 6. The number of ether oxygens (including phenoxy) is 1. The van der Waals surface area contributed by atoms with Crippen molar-refractivity contribution in [2.45, 2.75) is 18.9 Å². The third-order valence-electron chi connectivity index (χ3n) is 4.04. The fourth-order valence-corrected chi connectivity index (χ4v) is 3.73. The molecular formula is C18H19ClN2O4S. The van der Waals surface area contributed by atoms with E-state index >= 15 is 0 Å². The van der Waals surface area contributed by atoms with Gasteiger partial charge in [-0.3, -0.25) is 9.69 Å². The summed E-state index contributed by atoms with van der Waals surface area (Å²) >= 11 is 7.11. The summed E-state index contributed by atoms with van der Waals surface area (Å²) in [4.78, 5) is 26.4. The highest BCUT2D eigenvalue weighted by molar-refractivity contribution is 7.18. The number of amides is 1. The molecule has 1 aromatic carbocycles. The first kappa shape index (κ1) is 18.7. The molecule has 2 aromatic rings. The summed E-state index contributed by atoms with van der Waals surface area (Å²) in [5.41, 5.74) is 1.61. The Labute approximate surface area is 160 Å². The molecule has 2 N–H and O–H groups in total. The number of carbonyl (C=O) groups is 2. The normalized spacial score (nSPS) is 16.6. The van der Waals surface area contributed by atoms with E-state index in [-0.39, 0.29) is 18.5 Å². The van der Waals surface area contributed by atoms with Crippen molar-refractivity contribution in [3.05, 3.63) is 45.6 Å². The van der Waals surface area contributed by atoms with Gasteiger partial charge in [-0.25, -0.2) is 4.79 Å². The zero-order chi connectivity index (χ0) is 18.5. The fraction of sp³-hybridized carbons (Fsp3) is 0.333. The number of rotatable bonds is 8. The smallest absolute Gasteiger partial charge is 0.414 e. The van der Waals surface area contributed by atoms with Crippen LogP contribution in [0.4, 0.5) is 16.2 Å². The van der Waals surface area contributed by atoms with Gasteiger partial charge in [-0.05, 0) is 42.8 Å². The minimum Gasteiger partial charge on any atom is -0.444 e. The molecular weight excluding hydrogens is 376 g/mol. The minimum absolute atomic E-state index is 0.00992. The van der Waals surface area contributed by atoms with E-state index < -0.39 is 6.09 Å². The predicted octanol–water partition coefficient (Wildman–Crippen LogP) is 3.79. The highest BCUT2D eigenvalue weighted by Crippen LogP contribution is 2.27. The summed E-state index contributed by atoms with van der Waals surface area (Å²) in [5, 5.41) is 11.9. The first-order chi connectivity index (χ1) is 12.6. The molecule has 3 rings (SSSR count). The van der Waals surface area contributed by atoms with Crippen molar-refractivity contribution in [1.29, 1.82) is 0 Å². The summed E-state index contributed by atoms with van der Waals surface area (Å²) in [6.45, 7) is 0.940. The van der Waals surface area contributed by atoms with Crippen LogP contribution in [0.5, 0.6) is 0 Å². The molecule has 1 aliphatic heterocycles. The second-order valence-corrected chi connectivity index (χ2v) is 7.59. The van der Waals surface area contributed by atoms with Gasteiger partial charge in [-0.1, -0.05) is 11.6 Å². The van der Waals surface area contributed by atoms with Crippen molar-refractivity contribution in [3.63, 3.8) is 0 Å². The molecule has 0 saturated carbocycles. The molecule has 0 unspecified atom stereocenters. The van der Waals surface area contributed by atoms with E-state index in [0.717, 1.165) is 11.4 Å². The van der Waals surface area contributed by atoms with Crippen molar-refractivity contribution in [1.82, 2.24) is 0 Å².